The van der Waals surface area contributed by atoms with Gasteiger partial charge < -0.3 is 49.6 Å². The van der Waals surface area contributed by atoms with Crippen molar-refractivity contribution in [2.75, 3.05) is 20.8 Å². The Kier molecular flexibility index (Phi) is 17.9. The maximum Gasteiger partial charge on any atom is 0.335 e. The number of aliphatic hydroxyl groups excluding tert-OH is 1. The third-order valence-electron chi connectivity index (χ3n) is 14.1. The summed E-state index contributed by atoms with van der Waals surface area (Å²) in [6.07, 6.45) is 3.90. The van der Waals surface area contributed by atoms with E-state index in [0.29, 0.717) is 62.7 Å². The Balaban J connectivity index is 1.49. The van der Waals surface area contributed by atoms with E-state index in [2.05, 4.69) is 0 Å². The van der Waals surface area contributed by atoms with Gasteiger partial charge in [0.05, 0.1) is 23.9 Å². The van der Waals surface area contributed by atoms with E-state index >= 15 is 0 Å². The first-order valence-corrected chi connectivity index (χ1v) is 23.1. The van der Waals surface area contributed by atoms with Crippen LogP contribution in [0.5, 0.6) is 5.75 Å². The summed E-state index contributed by atoms with van der Waals surface area (Å²) in [4.78, 5) is 69.6. The van der Waals surface area contributed by atoms with Crippen LogP contribution >= 0.6 is 0 Å². The molecular formula is C49H72N2O13. The van der Waals surface area contributed by atoms with Crippen molar-refractivity contribution in [2.24, 2.45) is 35.3 Å². The number of carboxylic acid groups (broad SMARTS) is 1. The van der Waals surface area contributed by atoms with Gasteiger partial charge in [-0.15, -0.1) is 0 Å². The number of ether oxygens (including phenoxy) is 5. The van der Waals surface area contributed by atoms with E-state index in [1.165, 1.54) is 31.3 Å². The Labute approximate surface area is 378 Å². The molecule has 0 radical (unpaired) electrons. The minimum Gasteiger partial charge on any atom is -0.489 e. The number of nitrogens with zero attached hydrogens (tertiary/aromatic N) is 1. The van der Waals surface area contributed by atoms with Crippen molar-refractivity contribution in [3.05, 3.63) is 53.1 Å². The number of aliphatic hydroxyl groups is 2. The number of hydrogen-bond donors (Lipinski definition) is 4. The van der Waals surface area contributed by atoms with Crippen molar-refractivity contribution < 1.29 is 63.0 Å². The zero-order valence-electron chi connectivity index (χ0n) is 38.9. The monoisotopic (exact) mass is 897 g/mol. The van der Waals surface area contributed by atoms with Gasteiger partial charge in [0.1, 0.15) is 35.9 Å². The zero-order valence-corrected chi connectivity index (χ0v) is 38.9. The Morgan fingerprint density at radius 3 is 2.27 bits per heavy atom. The SMILES string of the molecule is CCC1C=C(C)CC(C)CC(OC)C2OC(O)(C(=O)C(=O)N3CCCCC3C(=O)OC(C(C)=CC3CCC(N)C(Oc4ccc(C(=O)O)cc4)C3)C(C)C(O)CC1=O)C(C)CC2OC. The molecule has 2 bridgehead atoms. The molecule has 64 heavy (non-hydrogen) atoms. The van der Waals surface area contributed by atoms with Gasteiger partial charge in [-0.25, -0.2) is 9.59 Å². The highest BCUT2D eigenvalue weighted by atomic mass is 16.7. The molecule has 5 rings (SSSR count). The number of fused-ring (bicyclic) bond motifs is 3. The number of piperidine rings is 1. The summed E-state index contributed by atoms with van der Waals surface area (Å²) in [5, 5.41) is 33.2. The summed E-state index contributed by atoms with van der Waals surface area (Å²) in [5.41, 5.74) is 8.25. The van der Waals surface area contributed by atoms with E-state index in [0.717, 1.165) is 5.57 Å². The van der Waals surface area contributed by atoms with E-state index in [-0.39, 0.29) is 55.0 Å². The topological polar surface area (TPSA) is 221 Å². The number of carbonyl (C=O) groups excluding carboxylic acids is 4. The molecule has 5 N–H and O–H groups in total. The van der Waals surface area contributed by atoms with E-state index in [9.17, 15) is 39.3 Å². The number of esters is 1. The second-order valence-corrected chi connectivity index (χ2v) is 19.0. The summed E-state index contributed by atoms with van der Waals surface area (Å²) >= 11 is 0. The lowest BCUT2D eigenvalue weighted by Crippen LogP contribution is -2.64. The highest BCUT2D eigenvalue weighted by Gasteiger charge is 2.56. The molecule has 3 heterocycles. The largest absolute Gasteiger partial charge is 0.489 e. The highest BCUT2D eigenvalue weighted by molar-refractivity contribution is 6.39. The van der Waals surface area contributed by atoms with E-state index in [1.54, 1.807) is 26.0 Å². The smallest absolute Gasteiger partial charge is 0.335 e. The van der Waals surface area contributed by atoms with Crippen LogP contribution in [0.4, 0.5) is 0 Å². The van der Waals surface area contributed by atoms with Gasteiger partial charge in [0.25, 0.3) is 11.7 Å². The maximum absolute atomic E-state index is 14.5. The van der Waals surface area contributed by atoms with Crippen molar-refractivity contribution in [1.82, 2.24) is 4.90 Å². The molecule has 356 valence electrons. The highest BCUT2D eigenvalue weighted by Crippen LogP contribution is 2.39. The lowest BCUT2D eigenvalue weighted by atomic mass is 9.81. The summed E-state index contributed by atoms with van der Waals surface area (Å²) in [7, 11) is 3.05. The fourth-order valence-electron chi connectivity index (χ4n) is 10.2. The van der Waals surface area contributed by atoms with Crippen LogP contribution in [0.3, 0.4) is 0 Å². The van der Waals surface area contributed by atoms with Crippen molar-refractivity contribution >= 4 is 29.4 Å². The Hall–Kier alpha value is -3.99. The molecule has 1 aromatic carbocycles. The molecule has 0 spiro atoms. The van der Waals surface area contributed by atoms with E-state index < -0.39 is 89.8 Å². The molecule has 1 saturated carbocycles. The van der Waals surface area contributed by atoms with Crippen LogP contribution in [0.15, 0.2) is 47.6 Å². The zero-order chi connectivity index (χ0) is 47.0. The van der Waals surface area contributed by atoms with Gasteiger partial charge in [0.15, 0.2) is 0 Å². The number of allylic oxidation sites excluding steroid dienone is 3. The molecule has 4 aliphatic rings. The summed E-state index contributed by atoms with van der Waals surface area (Å²) in [5.74, 6) is -8.40. The number of amides is 1. The second kappa shape index (κ2) is 22.5. The van der Waals surface area contributed by atoms with Gasteiger partial charge in [-0.1, -0.05) is 45.4 Å². The summed E-state index contributed by atoms with van der Waals surface area (Å²) < 4.78 is 30.6. The van der Waals surface area contributed by atoms with Gasteiger partial charge in [0.2, 0.25) is 5.79 Å². The maximum atomic E-state index is 14.5. The molecule has 1 amide bonds. The molecule has 1 aliphatic carbocycles. The second-order valence-electron chi connectivity index (χ2n) is 19.0. The number of rotatable bonds is 8. The predicted octanol–water partition coefficient (Wildman–Crippen LogP) is 5.57. The van der Waals surface area contributed by atoms with Crippen LogP contribution in [0.2, 0.25) is 0 Å². The van der Waals surface area contributed by atoms with Crippen molar-refractivity contribution in [3.63, 3.8) is 0 Å². The summed E-state index contributed by atoms with van der Waals surface area (Å²) in [6.45, 7) is 11.2. The summed E-state index contributed by atoms with van der Waals surface area (Å²) in [6, 6.07) is 4.66. The van der Waals surface area contributed by atoms with Crippen LogP contribution in [0.25, 0.3) is 0 Å². The van der Waals surface area contributed by atoms with Gasteiger partial charge in [-0.3, -0.25) is 14.4 Å². The molecule has 3 fully saturated rings. The standard InChI is InChI=1S/C49H72N2O13/c1-9-33-21-27(2)20-28(3)22-41(60-7)44-42(61-8)24-30(5)49(59,64-44)45(54)46(55)51-19-11-10-12-37(51)48(58)63-43(31(6)38(52)26-39(33)53)29(4)23-32-13-18-36(50)40(25-32)62-35-16-14-34(15-17-35)47(56)57/h14-17,21,23,28,30-33,36-38,40-44,52,59H,9-13,18-20,22,24-26,50H2,1-8H3,(H,56,57). The van der Waals surface area contributed by atoms with Crippen LogP contribution in [0, 0.1) is 29.6 Å². The molecule has 15 nitrogen and oxygen atoms in total. The van der Waals surface area contributed by atoms with Crippen molar-refractivity contribution in [1.29, 1.82) is 0 Å². The van der Waals surface area contributed by atoms with Crippen LogP contribution in [-0.2, 0) is 38.1 Å². The number of ketones is 2. The lowest BCUT2D eigenvalue weighted by Gasteiger charge is -2.47. The molecule has 15 heteroatoms. The predicted molar refractivity (Wildman–Crippen MR) is 237 cm³/mol. The Morgan fingerprint density at radius 1 is 0.953 bits per heavy atom. The normalized spacial score (nSPS) is 36.9. The van der Waals surface area contributed by atoms with Crippen molar-refractivity contribution in [2.45, 2.75) is 167 Å². The molecule has 3 aliphatic heterocycles. The Bertz CT molecular complexity index is 1870. The van der Waals surface area contributed by atoms with Gasteiger partial charge >= 0.3 is 11.9 Å². The number of aromatic carboxylic acids is 1. The minimum absolute atomic E-state index is 0.0132. The fourth-order valence-corrected chi connectivity index (χ4v) is 10.2. The number of carbonyl (C=O) groups is 5. The Morgan fingerprint density at radius 2 is 1.62 bits per heavy atom. The number of benzene rings is 1. The number of hydrogen-bond acceptors (Lipinski definition) is 13. The molecule has 1 aromatic rings. The van der Waals surface area contributed by atoms with E-state index in [1.807, 2.05) is 39.8 Å². The molecule has 2 saturated heterocycles. The van der Waals surface area contributed by atoms with E-state index in [4.69, 9.17) is 29.4 Å². The molecule has 0 aromatic heterocycles. The first kappa shape index (κ1) is 51.0. The van der Waals surface area contributed by atoms with Gasteiger partial charge in [0, 0.05) is 51.0 Å². The van der Waals surface area contributed by atoms with Gasteiger partial charge in [-0.2, -0.15) is 0 Å². The van der Waals surface area contributed by atoms with Crippen LogP contribution in [-0.4, -0.2) is 125 Å². The molecule has 14 unspecified atom stereocenters. The number of carboxylic acids is 1. The minimum atomic E-state index is -2.53. The average molecular weight is 897 g/mol. The average Bonchev–Trinajstić information content (AvgIpc) is 3.27. The third kappa shape index (κ3) is 12.1. The molecule has 14 atom stereocenters. The number of nitrogens with two attached hydrogens (primary N) is 1. The first-order valence-electron chi connectivity index (χ1n) is 23.1. The van der Waals surface area contributed by atoms with Gasteiger partial charge in [-0.05, 0) is 120 Å². The van der Waals surface area contributed by atoms with Crippen LogP contribution in [0.1, 0.15) is 123 Å². The molecular weight excluding hydrogens is 825 g/mol. The number of Topliss-reactive ketones (excluding diaryl/α,β-unsaturated/α-hetero) is 2. The fraction of sp³-hybridized carbons (Fsp3) is 0.694. The lowest BCUT2D eigenvalue weighted by molar-refractivity contribution is -0.302. The van der Waals surface area contributed by atoms with Crippen molar-refractivity contribution in [3.8, 4) is 5.75 Å². The third-order valence-corrected chi connectivity index (χ3v) is 14.1. The quantitative estimate of drug-likeness (QED) is 0.142. The van der Waals surface area contributed by atoms with Crippen LogP contribution < -0.4 is 10.5 Å². The number of methoxy groups -OCH3 is 2. The first-order chi connectivity index (χ1) is 30.3. The number of cyclic esters (lactones) is 1.